The zero-order valence-electron chi connectivity index (χ0n) is 11.8. The third kappa shape index (κ3) is 5.99. The molecule has 1 aromatic rings. The van der Waals surface area contributed by atoms with Gasteiger partial charge < -0.3 is 9.80 Å². The van der Waals surface area contributed by atoms with E-state index in [1.165, 1.54) is 5.01 Å². The van der Waals surface area contributed by atoms with E-state index in [4.69, 9.17) is 0 Å². The molecule has 6 heteroatoms. The Bertz CT molecular complexity index is 364. The molecule has 4 nitrogen and oxygen atoms in total. The fourth-order valence-electron chi connectivity index (χ4n) is 1.61. The largest absolute Gasteiger partial charge is 0.349 e. The minimum absolute atomic E-state index is 0. The monoisotopic (exact) mass is 382 g/mol. The van der Waals surface area contributed by atoms with Crippen molar-refractivity contribution < 1.29 is 0 Å². The van der Waals surface area contributed by atoms with E-state index in [1.54, 1.807) is 11.3 Å². The van der Waals surface area contributed by atoms with Gasteiger partial charge in [0.15, 0.2) is 5.96 Å². The molecule has 1 heterocycles. The van der Waals surface area contributed by atoms with Crippen molar-refractivity contribution in [1.29, 1.82) is 0 Å². The van der Waals surface area contributed by atoms with Crippen molar-refractivity contribution in [2.75, 3.05) is 34.7 Å². The molecule has 1 rings (SSSR count). The van der Waals surface area contributed by atoms with Crippen molar-refractivity contribution in [2.45, 2.75) is 19.8 Å². The van der Waals surface area contributed by atoms with E-state index in [9.17, 15) is 0 Å². The van der Waals surface area contributed by atoms with Gasteiger partial charge in [-0.2, -0.15) is 0 Å². The van der Waals surface area contributed by atoms with Gasteiger partial charge in [-0.25, -0.2) is 4.98 Å². The summed E-state index contributed by atoms with van der Waals surface area (Å²) in [7, 11) is 8.07. The molecule has 18 heavy (non-hydrogen) atoms. The van der Waals surface area contributed by atoms with Gasteiger partial charge in [-0.1, -0.05) is 0 Å². The molecule has 0 unspecified atom stereocenters. The van der Waals surface area contributed by atoms with E-state index in [-0.39, 0.29) is 24.0 Å². The Kier molecular flexibility index (Phi) is 8.51. The molecule has 0 aliphatic carbocycles. The predicted octanol–water partition coefficient (Wildman–Crippen LogP) is 2.48. The fourth-order valence-corrected chi connectivity index (χ4v) is 2.43. The second-order valence-electron chi connectivity index (χ2n) is 4.46. The lowest BCUT2D eigenvalue weighted by atomic mass is 10.3. The van der Waals surface area contributed by atoms with E-state index >= 15 is 0 Å². The number of halogens is 1. The average Bonchev–Trinajstić information content (AvgIpc) is 2.62. The van der Waals surface area contributed by atoms with E-state index in [0.717, 1.165) is 31.0 Å². The number of rotatable bonds is 4. The number of guanidine groups is 1. The zero-order valence-corrected chi connectivity index (χ0v) is 15.0. The Morgan fingerprint density at radius 2 is 1.89 bits per heavy atom. The van der Waals surface area contributed by atoms with Crippen LogP contribution in [0.1, 0.15) is 17.1 Å². The number of aromatic nitrogens is 1. The number of nitrogens with zero attached hydrogens (tertiary/aromatic N) is 4. The third-order valence-corrected chi connectivity index (χ3v) is 3.30. The number of thiazole rings is 1. The van der Waals surface area contributed by atoms with Crippen LogP contribution >= 0.6 is 35.3 Å². The summed E-state index contributed by atoms with van der Waals surface area (Å²) < 4.78 is 0. The van der Waals surface area contributed by atoms with Crippen LogP contribution in [0.2, 0.25) is 0 Å². The summed E-state index contributed by atoms with van der Waals surface area (Å²) in [5.74, 6) is 1.01. The van der Waals surface area contributed by atoms with Crippen LogP contribution in [0.5, 0.6) is 0 Å². The first-order valence-corrected chi connectivity index (χ1v) is 6.68. The van der Waals surface area contributed by atoms with Crippen LogP contribution < -0.4 is 0 Å². The van der Waals surface area contributed by atoms with Crippen LogP contribution in [0, 0.1) is 6.92 Å². The molecular weight excluding hydrogens is 359 g/mol. The van der Waals surface area contributed by atoms with Crippen LogP contribution in [-0.2, 0) is 6.42 Å². The summed E-state index contributed by atoms with van der Waals surface area (Å²) >= 11 is 1.74. The molecule has 0 bridgehead atoms. The highest BCUT2D eigenvalue weighted by atomic mass is 127. The maximum atomic E-state index is 4.59. The lowest BCUT2D eigenvalue weighted by Crippen LogP contribution is -2.35. The summed E-state index contributed by atoms with van der Waals surface area (Å²) in [6.45, 7) is 2.89. The molecule has 0 aliphatic rings. The molecular formula is C12H23IN4S. The topological polar surface area (TPSA) is 31.7 Å². The minimum atomic E-state index is 0. The molecule has 0 atom stereocenters. The Morgan fingerprint density at radius 3 is 2.33 bits per heavy atom. The Balaban J connectivity index is 0.00000289. The highest BCUT2D eigenvalue weighted by molar-refractivity contribution is 14.0. The van der Waals surface area contributed by atoms with Gasteiger partial charge in [0, 0.05) is 52.2 Å². The summed E-state index contributed by atoms with van der Waals surface area (Å²) in [5.41, 5.74) is 1.12. The fraction of sp³-hybridized carbons (Fsp3) is 0.667. The van der Waals surface area contributed by atoms with Crippen LogP contribution in [0.15, 0.2) is 10.4 Å². The first kappa shape index (κ1) is 17.6. The number of hydrogen-bond donors (Lipinski definition) is 0. The van der Waals surface area contributed by atoms with Gasteiger partial charge in [-0.05, 0) is 13.3 Å². The maximum Gasteiger partial charge on any atom is 0.195 e. The van der Waals surface area contributed by atoms with Crippen molar-refractivity contribution >= 4 is 41.3 Å². The van der Waals surface area contributed by atoms with Crippen LogP contribution in [-0.4, -0.2) is 55.5 Å². The molecule has 0 aliphatic heterocycles. The molecule has 0 fully saturated rings. The van der Waals surface area contributed by atoms with Gasteiger partial charge in [0.05, 0.1) is 5.01 Å². The smallest absolute Gasteiger partial charge is 0.195 e. The van der Waals surface area contributed by atoms with E-state index in [1.807, 2.05) is 44.9 Å². The summed E-state index contributed by atoms with van der Waals surface area (Å²) in [6, 6.07) is 0. The predicted molar refractivity (Wildman–Crippen MR) is 90.3 cm³/mol. The standard InChI is InChI=1S/C12H22N4S.HI/c1-10-9-17-11(14-10)7-6-8-13-12(15(2)3)16(4)5;/h9H,6-8H2,1-5H3;1H. The molecule has 1 aromatic heterocycles. The van der Waals surface area contributed by atoms with Crippen molar-refractivity contribution in [3.63, 3.8) is 0 Å². The maximum absolute atomic E-state index is 4.59. The van der Waals surface area contributed by atoms with Gasteiger partial charge in [0.1, 0.15) is 0 Å². The van der Waals surface area contributed by atoms with E-state index < -0.39 is 0 Å². The van der Waals surface area contributed by atoms with Crippen molar-refractivity contribution in [3.05, 3.63) is 16.1 Å². The quantitative estimate of drug-likeness (QED) is 0.347. The van der Waals surface area contributed by atoms with Gasteiger partial charge in [-0.3, -0.25) is 4.99 Å². The summed E-state index contributed by atoms with van der Waals surface area (Å²) in [4.78, 5) is 13.1. The van der Waals surface area contributed by atoms with Crippen molar-refractivity contribution in [3.8, 4) is 0 Å². The summed E-state index contributed by atoms with van der Waals surface area (Å²) in [5, 5.41) is 3.32. The molecule has 0 spiro atoms. The number of hydrogen-bond acceptors (Lipinski definition) is 3. The highest BCUT2D eigenvalue weighted by Gasteiger charge is 2.03. The Morgan fingerprint density at radius 1 is 1.28 bits per heavy atom. The van der Waals surface area contributed by atoms with E-state index in [2.05, 4.69) is 15.4 Å². The normalized spacial score (nSPS) is 9.61. The number of aryl methyl sites for hydroxylation is 2. The van der Waals surface area contributed by atoms with Crippen molar-refractivity contribution in [1.82, 2.24) is 14.8 Å². The Hall–Kier alpha value is -0.370. The highest BCUT2D eigenvalue weighted by Crippen LogP contribution is 2.10. The zero-order chi connectivity index (χ0) is 12.8. The minimum Gasteiger partial charge on any atom is -0.349 e. The lowest BCUT2D eigenvalue weighted by Gasteiger charge is -2.22. The molecule has 0 amide bonds. The second-order valence-corrected chi connectivity index (χ2v) is 5.40. The van der Waals surface area contributed by atoms with Gasteiger partial charge >= 0.3 is 0 Å². The third-order valence-electron chi connectivity index (χ3n) is 2.27. The lowest BCUT2D eigenvalue weighted by molar-refractivity contribution is 0.479. The molecule has 0 saturated carbocycles. The second kappa shape index (κ2) is 8.68. The Labute approximate surface area is 131 Å². The van der Waals surface area contributed by atoms with Gasteiger partial charge in [0.25, 0.3) is 0 Å². The average molecular weight is 382 g/mol. The summed E-state index contributed by atoms with van der Waals surface area (Å²) in [6.07, 6.45) is 2.08. The number of aliphatic imine (C=N–C) groups is 1. The molecule has 104 valence electrons. The van der Waals surface area contributed by atoms with Gasteiger partial charge in [-0.15, -0.1) is 35.3 Å². The SMILES string of the molecule is Cc1csc(CCCN=C(N(C)C)N(C)C)n1.I. The molecule has 0 radical (unpaired) electrons. The molecule has 0 aromatic carbocycles. The first-order valence-electron chi connectivity index (χ1n) is 5.81. The van der Waals surface area contributed by atoms with E-state index in [0.29, 0.717) is 0 Å². The van der Waals surface area contributed by atoms with Gasteiger partial charge in [0.2, 0.25) is 0 Å². The van der Waals surface area contributed by atoms with Crippen LogP contribution in [0.4, 0.5) is 0 Å². The molecule has 0 N–H and O–H groups in total. The first-order chi connectivity index (χ1) is 8.00. The van der Waals surface area contributed by atoms with Crippen LogP contribution in [0.3, 0.4) is 0 Å². The van der Waals surface area contributed by atoms with Crippen LogP contribution in [0.25, 0.3) is 0 Å². The molecule has 0 saturated heterocycles. The van der Waals surface area contributed by atoms with Crippen molar-refractivity contribution in [2.24, 2.45) is 4.99 Å².